The summed E-state index contributed by atoms with van der Waals surface area (Å²) in [6.45, 7) is 4.46. The Morgan fingerprint density at radius 2 is 2.13 bits per heavy atom. The Hall–Kier alpha value is -0.810. The number of amides is 2. The van der Waals surface area contributed by atoms with Gasteiger partial charge in [0.15, 0.2) is 0 Å². The molecule has 2 amide bonds. The van der Waals surface area contributed by atoms with E-state index in [0.717, 1.165) is 6.54 Å². The number of urea groups is 1. The lowest BCUT2D eigenvalue weighted by atomic mass is 9.84. The zero-order valence-corrected chi connectivity index (χ0v) is 9.04. The fraction of sp³-hybridized carbons (Fsp3) is 0.900. The van der Waals surface area contributed by atoms with Crippen LogP contribution in [0.1, 0.15) is 12.8 Å². The average molecular weight is 212 g/mol. The van der Waals surface area contributed by atoms with Crippen LogP contribution in [0.3, 0.4) is 0 Å². The Morgan fingerprint density at radius 3 is 2.67 bits per heavy atom. The van der Waals surface area contributed by atoms with Crippen molar-refractivity contribution >= 4 is 6.03 Å². The molecule has 5 nitrogen and oxygen atoms in total. The smallest absolute Gasteiger partial charge is 0.315 e. The van der Waals surface area contributed by atoms with Gasteiger partial charge >= 0.3 is 6.03 Å². The highest BCUT2D eigenvalue weighted by molar-refractivity contribution is 5.74. The van der Waals surface area contributed by atoms with Gasteiger partial charge in [0.25, 0.3) is 0 Å². The maximum Gasteiger partial charge on any atom is 0.315 e. The van der Waals surface area contributed by atoms with Gasteiger partial charge in [-0.25, -0.2) is 4.79 Å². The molecule has 3 fully saturated rings. The molecule has 2 bridgehead atoms. The lowest BCUT2D eigenvalue weighted by molar-refractivity contribution is 0.0766. The maximum absolute atomic E-state index is 11.5. The Bertz CT molecular complexity index is 225. The number of fused-ring (bicyclic) bond motifs is 3. The van der Waals surface area contributed by atoms with E-state index < -0.39 is 0 Å². The standard InChI is InChI=1S/C10H20N4O/c11-3-4-12-10(15)13-9-7-14-5-1-8(9)2-6-14/h8-9H,1-7,11H2,(H2,12,13,15). The molecule has 0 radical (unpaired) electrons. The summed E-state index contributed by atoms with van der Waals surface area (Å²) in [5.41, 5.74) is 5.32. The summed E-state index contributed by atoms with van der Waals surface area (Å²) < 4.78 is 0. The van der Waals surface area contributed by atoms with Gasteiger partial charge in [0, 0.05) is 25.7 Å². The summed E-state index contributed by atoms with van der Waals surface area (Å²) in [7, 11) is 0. The SMILES string of the molecule is NCCNC(=O)NC1CN2CCC1CC2. The van der Waals surface area contributed by atoms with E-state index in [4.69, 9.17) is 5.73 Å². The van der Waals surface area contributed by atoms with Crippen molar-refractivity contribution in [2.45, 2.75) is 18.9 Å². The van der Waals surface area contributed by atoms with Gasteiger partial charge in [-0.1, -0.05) is 0 Å². The molecule has 1 atom stereocenters. The van der Waals surface area contributed by atoms with Gasteiger partial charge in [0.2, 0.25) is 0 Å². The van der Waals surface area contributed by atoms with Crippen LogP contribution in [0.25, 0.3) is 0 Å². The summed E-state index contributed by atoms with van der Waals surface area (Å²) in [5.74, 6) is 0.679. The molecular formula is C10H20N4O. The highest BCUT2D eigenvalue weighted by Crippen LogP contribution is 2.27. The number of carbonyl (C=O) groups is 1. The second kappa shape index (κ2) is 4.81. The lowest BCUT2D eigenvalue weighted by Gasteiger charge is -2.44. The lowest BCUT2D eigenvalue weighted by Crippen LogP contribution is -2.58. The molecule has 4 N–H and O–H groups in total. The van der Waals surface area contributed by atoms with E-state index in [0.29, 0.717) is 25.0 Å². The summed E-state index contributed by atoms with van der Waals surface area (Å²) in [4.78, 5) is 13.9. The van der Waals surface area contributed by atoms with E-state index in [1.807, 2.05) is 0 Å². The molecule has 3 rings (SSSR count). The van der Waals surface area contributed by atoms with Crippen LogP contribution in [0.4, 0.5) is 4.79 Å². The van der Waals surface area contributed by atoms with Gasteiger partial charge < -0.3 is 21.3 Å². The molecule has 15 heavy (non-hydrogen) atoms. The van der Waals surface area contributed by atoms with E-state index in [9.17, 15) is 4.79 Å². The number of rotatable bonds is 3. The van der Waals surface area contributed by atoms with Crippen molar-refractivity contribution < 1.29 is 4.79 Å². The zero-order chi connectivity index (χ0) is 10.7. The first-order chi connectivity index (χ1) is 7.29. The third-order valence-electron chi connectivity index (χ3n) is 3.40. The molecule has 0 aromatic heterocycles. The summed E-state index contributed by atoms with van der Waals surface area (Å²) in [6.07, 6.45) is 2.45. The minimum atomic E-state index is -0.0702. The van der Waals surface area contributed by atoms with Crippen LogP contribution in [0.2, 0.25) is 0 Å². The van der Waals surface area contributed by atoms with Crippen LogP contribution < -0.4 is 16.4 Å². The number of nitrogens with one attached hydrogen (secondary N) is 2. The fourth-order valence-electron chi connectivity index (χ4n) is 2.53. The van der Waals surface area contributed by atoms with E-state index in [1.165, 1.54) is 25.9 Å². The molecular weight excluding hydrogens is 192 g/mol. The predicted molar refractivity (Wildman–Crippen MR) is 58.5 cm³/mol. The minimum Gasteiger partial charge on any atom is -0.337 e. The van der Waals surface area contributed by atoms with Gasteiger partial charge in [-0.15, -0.1) is 0 Å². The van der Waals surface area contributed by atoms with Crippen LogP contribution in [0.15, 0.2) is 0 Å². The molecule has 3 heterocycles. The highest BCUT2D eigenvalue weighted by Gasteiger charge is 2.34. The van der Waals surface area contributed by atoms with Crippen LogP contribution in [0, 0.1) is 5.92 Å². The van der Waals surface area contributed by atoms with Crippen LogP contribution >= 0.6 is 0 Å². The molecule has 1 unspecified atom stereocenters. The average Bonchev–Trinajstić information content (AvgIpc) is 2.28. The molecule has 0 aromatic carbocycles. The number of piperidine rings is 3. The highest BCUT2D eigenvalue weighted by atomic mass is 16.2. The Labute approximate surface area is 90.4 Å². The number of hydrogen-bond acceptors (Lipinski definition) is 3. The van der Waals surface area contributed by atoms with Crippen molar-refractivity contribution in [3.8, 4) is 0 Å². The van der Waals surface area contributed by atoms with Gasteiger partial charge in [-0.05, 0) is 31.8 Å². The number of hydrogen-bond donors (Lipinski definition) is 3. The molecule has 86 valence electrons. The molecule has 5 heteroatoms. The van der Waals surface area contributed by atoms with E-state index in [2.05, 4.69) is 15.5 Å². The van der Waals surface area contributed by atoms with E-state index in [-0.39, 0.29) is 6.03 Å². The topological polar surface area (TPSA) is 70.4 Å². The molecule has 0 aromatic rings. The number of carbonyl (C=O) groups excluding carboxylic acids is 1. The molecule has 0 aliphatic carbocycles. The van der Waals surface area contributed by atoms with Crippen molar-refractivity contribution in [2.75, 3.05) is 32.7 Å². The van der Waals surface area contributed by atoms with Crippen molar-refractivity contribution in [1.29, 1.82) is 0 Å². The fourth-order valence-corrected chi connectivity index (χ4v) is 2.53. The van der Waals surface area contributed by atoms with Crippen molar-refractivity contribution in [1.82, 2.24) is 15.5 Å². The Balaban J connectivity index is 1.77. The van der Waals surface area contributed by atoms with Gasteiger partial charge in [0.05, 0.1) is 0 Å². The first kappa shape index (κ1) is 10.7. The largest absolute Gasteiger partial charge is 0.337 e. The third-order valence-corrected chi connectivity index (χ3v) is 3.40. The number of nitrogens with zero attached hydrogens (tertiary/aromatic N) is 1. The second-order valence-corrected chi connectivity index (χ2v) is 4.43. The summed E-state index contributed by atoms with van der Waals surface area (Å²) in [5, 5.41) is 5.78. The van der Waals surface area contributed by atoms with Gasteiger partial charge in [0.1, 0.15) is 0 Å². The zero-order valence-electron chi connectivity index (χ0n) is 9.04. The predicted octanol–water partition coefficient (Wildman–Crippen LogP) is -0.661. The monoisotopic (exact) mass is 212 g/mol. The molecule has 3 aliphatic heterocycles. The Kier molecular flexibility index (Phi) is 3.43. The minimum absolute atomic E-state index is 0.0702. The normalized spacial score (nSPS) is 33.8. The molecule has 0 saturated carbocycles. The summed E-state index contributed by atoms with van der Waals surface area (Å²) >= 11 is 0. The maximum atomic E-state index is 11.5. The van der Waals surface area contributed by atoms with Crippen molar-refractivity contribution in [2.24, 2.45) is 11.7 Å². The van der Waals surface area contributed by atoms with Crippen LogP contribution in [0.5, 0.6) is 0 Å². The first-order valence-electron chi connectivity index (χ1n) is 5.76. The number of nitrogens with two attached hydrogens (primary N) is 1. The van der Waals surface area contributed by atoms with Crippen LogP contribution in [-0.2, 0) is 0 Å². The van der Waals surface area contributed by atoms with Crippen molar-refractivity contribution in [3.05, 3.63) is 0 Å². The molecule has 3 aliphatic rings. The Morgan fingerprint density at radius 1 is 1.40 bits per heavy atom. The van der Waals surface area contributed by atoms with Gasteiger partial charge in [-0.2, -0.15) is 0 Å². The van der Waals surface area contributed by atoms with Crippen molar-refractivity contribution in [3.63, 3.8) is 0 Å². The van der Waals surface area contributed by atoms with E-state index in [1.54, 1.807) is 0 Å². The second-order valence-electron chi connectivity index (χ2n) is 4.43. The van der Waals surface area contributed by atoms with Gasteiger partial charge in [-0.3, -0.25) is 0 Å². The van der Waals surface area contributed by atoms with Crippen LogP contribution in [-0.4, -0.2) is 49.7 Å². The molecule has 0 spiro atoms. The molecule has 3 saturated heterocycles. The van der Waals surface area contributed by atoms with E-state index >= 15 is 0 Å². The summed E-state index contributed by atoms with van der Waals surface area (Å²) in [6, 6.07) is 0.268. The third kappa shape index (κ3) is 2.60. The first-order valence-corrected chi connectivity index (χ1v) is 5.76. The quantitative estimate of drug-likeness (QED) is 0.581.